The zero-order valence-electron chi connectivity index (χ0n) is 21.2. The van der Waals surface area contributed by atoms with Gasteiger partial charge >= 0.3 is 5.97 Å². The number of hydrogen-bond acceptors (Lipinski definition) is 6. The van der Waals surface area contributed by atoms with Crippen LogP contribution in [0.3, 0.4) is 0 Å². The summed E-state index contributed by atoms with van der Waals surface area (Å²) >= 11 is 13.5. The molecule has 0 saturated heterocycles. The van der Waals surface area contributed by atoms with E-state index in [1.54, 1.807) is 36.6 Å². The molecule has 1 atom stereocenters. The van der Waals surface area contributed by atoms with Gasteiger partial charge in [0.05, 0.1) is 28.5 Å². The summed E-state index contributed by atoms with van der Waals surface area (Å²) in [5, 5.41) is 1.09. The predicted molar refractivity (Wildman–Crippen MR) is 154 cm³/mol. The molecule has 0 saturated carbocycles. The molecule has 5 rings (SSSR count). The van der Waals surface area contributed by atoms with Crippen LogP contribution in [0.1, 0.15) is 36.6 Å². The van der Waals surface area contributed by atoms with Crippen molar-refractivity contribution in [3.63, 3.8) is 0 Å². The van der Waals surface area contributed by atoms with Gasteiger partial charge in [-0.15, -0.1) is 0 Å². The maximum Gasteiger partial charge on any atom is 0.338 e. The molecule has 1 aliphatic heterocycles. The van der Waals surface area contributed by atoms with E-state index in [0.29, 0.717) is 36.4 Å². The molecule has 198 valence electrons. The van der Waals surface area contributed by atoms with Crippen LogP contribution < -0.4 is 19.6 Å². The zero-order valence-corrected chi connectivity index (χ0v) is 23.5. The van der Waals surface area contributed by atoms with E-state index >= 15 is 0 Å². The van der Waals surface area contributed by atoms with Crippen LogP contribution >= 0.6 is 34.5 Å². The minimum absolute atomic E-state index is 0.226. The first-order valence-electron chi connectivity index (χ1n) is 12.3. The summed E-state index contributed by atoms with van der Waals surface area (Å²) in [6.45, 7) is 4.02. The lowest BCUT2D eigenvalue weighted by atomic mass is 9.96. The van der Waals surface area contributed by atoms with Gasteiger partial charge in [0.15, 0.2) is 4.80 Å². The normalized spacial score (nSPS) is 15.1. The Morgan fingerprint density at radius 1 is 1.08 bits per heavy atom. The number of carbonyl (C=O) groups excluding carboxylic acids is 1. The Morgan fingerprint density at radius 2 is 1.87 bits per heavy atom. The van der Waals surface area contributed by atoms with Gasteiger partial charge in [0.25, 0.3) is 5.56 Å². The number of rotatable bonds is 7. The van der Waals surface area contributed by atoms with Crippen LogP contribution in [0.15, 0.2) is 93.9 Å². The Labute approximate surface area is 239 Å². The molecule has 0 amide bonds. The smallest absolute Gasteiger partial charge is 0.338 e. The molecule has 3 aromatic carbocycles. The number of benzene rings is 3. The number of aromatic nitrogens is 1. The average Bonchev–Trinajstić information content (AvgIpc) is 3.22. The van der Waals surface area contributed by atoms with Crippen molar-refractivity contribution in [2.45, 2.75) is 26.5 Å². The third kappa shape index (κ3) is 5.71. The maximum atomic E-state index is 13.7. The van der Waals surface area contributed by atoms with E-state index in [-0.39, 0.29) is 18.8 Å². The van der Waals surface area contributed by atoms with E-state index in [2.05, 4.69) is 4.99 Å². The highest BCUT2D eigenvalue weighted by atomic mass is 35.5. The molecule has 4 aromatic rings. The summed E-state index contributed by atoms with van der Waals surface area (Å²) in [6.07, 6.45) is 1.80. The summed E-state index contributed by atoms with van der Waals surface area (Å²) < 4.78 is 13.4. The zero-order chi connectivity index (χ0) is 27.5. The molecular weight excluding hydrogens is 555 g/mol. The van der Waals surface area contributed by atoms with E-state index < -0.39 is 12.0 Å². The maximum absolute atomic E-state index is 13.7. The van der Waals surface area contributed by atoms with Crippen molar-refractivity contribution >= 4 is 46.6 Å². The molecule has 9 heteroatoms. The summed E-state index contributed by atoms with van der Waals surface area (Å²) in [5.74, 6) is 0.151. The van der Waals surface area contributed by atoms with Crippen LogP contribution in [0.2, 0.25) is 10.0 Å². The SMILES string of the molecule is CCOC(=O)C1=C(C)N=c2sc(=Cc3cccc(OCc4ccc(Cl)cc4Cl)c3)c(=O)n2C1c1ccccc1. The number of allylic oxidation sites excluding steroid dienone is 1. The monoisotopic (exact) mass is 578 g/mol. The van der Waals surface area contributed by atoms with E-state index in [1.165, 1.54) is 11.3 Å². The van der Waals surface area contributed by atoms with Crippen LogP contribution in [-0.4, -0.2) is 17.1 Å². The standard InChI is InChI=1S/C30H24Cl2N2O4S/c1-3-37-29(36)26-18(2)33-30-34(27(26)20-9-5-4-6-10-20)28(35)25(39-30)15-19-8-7-11-23(14-19)38-17-21-12-13-22(31)16-24(21)32/h4-16,27H,3,17H2,1-2H3. The third-order valence-corrected chi connectivity index (χ3v) is 7.77. The molecule has 0 aliphatic carbocycles. The van der Waals surface area contributed by atoms with Crippen LogP contribution in [0.25, 0.3) is 6.08 Å². The van der Waals surface area contributed by atoms with Crippen molar-refractivity contribution in [3.05, 3.63) is 130 Å². The van der Waals surface area contributed by atoms with Crippen molar-refractivity contribution in [1.29, 1.82) is 0 Å². The van der Waals surface area contributed by atoms with Crippen LogP contribution in [0.4, 0.5) is 0 Å². The highest BCUT2D eigenvalue weighted by Gasteiger charge is 2.33. The lowest BCUT2D eigenvalue weighted by Gasteiger charge is -2.24. The van der Waals surface area contributed by atoms with Crippen molar-refractivity contribution in [1.82, 2.24) is 4.57 Å². The van der Waals surface area contributed by atoms with Crippen molar-refractivity contribution in [2.24, 2.45) is 4.99 Å². The second-order valence-corrected chi connectivity index (χ2v) is 10.7. The lowest BCUT2D eigenvalue weighted by molar-refractivity contribution is -0.139. The van der Waals surface area contributed by atoms with Gasteiger partial charge in [-0.05, 0) is 55.3 Å². The fourth-order valence-electron chi connectivity index (χ4n) is 4.39. The lowest BCUT2D eigenvalue weighted by Crippen LogP contribution is -2.39. The number of fused-ring (bicyclic) bond motifs is 1. The molecule has 1 aromatic heterocycles. The van der Waals surface area contributed by atoms with E-state index in [4.69, 9.17) is 32.7 Å². The van der Waals surface area contributed by atoms with Crippen LogP contribution in [-0.2, 0) is 16.1 Å². The third-order valence-electron chi connectivity index (χ3n) is 6.20. The van der Waals surface area contributed by atoms with Gasteiger partial charge in [-0.3, -0.25) is 9.36 Å². The van der Waals surface area contributed by atoms with Gasteiger partial charge < -0.3 is 9.47 Å². The molecule has 0 fully saturated rings. The first-order chi connectivity index (χ1) is 18.9. The average molecular weight is 580 g/mol. The minimum Gasteiger partial charge on any atom is -0.489 e. The predicted octanol–water partition coefficient (Wildman–Crippen LogP) is 5.68. The number of halogens is 2. The molecule has 0 N–H and O–H groups in total. The Kier molecular flexibility index (Phi) is 8.02. The number of ether oxygens (including phenoxy) is 2. The van der Waals surface area contributed by atoms with Crippen molar-refractivity contribution in [2.75, 3.05) is 6.61 Å². The molecule has 0 radical (unpaired) electrons. The molecule has 0 spiro atoms. The summed E-state index contributed by atoms with van der Waals surface area (Å²) in [4.78, 5) is 31.8. The van der Waals surface area contributed by atoms with Gasteiger partial charge in [0, 0.05) is 15.6 Å². The Hall–Kier alpha value is -3.65. The van der Waals surface area contributed by atoms with Gasteiger partial charge in [0.2, 0.25) is 0 Å². The fraction of sp³-hybridized carbons (Fsp3) is 0.167. The quantitative estimate of drug-likeness (QED) is 0.264. The van der Waals surface area contributed by atoms with Gasteiger partial charge in [-0.1, -0.05) is 83.1 Å². The Balaban J connectivity index is 1.52. The summed E-state index contributed by atoms with van der Waals surface area (Å²) in [7, 11) is 0. The molecule has 1 unspecified atom stereocenters. The molecular formula is C30H24Cl2N2O4S. The highest BCUT2D eigenvalue weighted by Crippen LogP contribution is 2.30. The molecule has 1 aliphatic rings. The van der Waals surface area contributed by atoms with Gasteiger partial charge in [-0.25, -0.2) is 9.79 Å². The second kappa shape index (κ2) is 11.6. The van der Waals surface area contributed by atoms with Crippen LogP contribution in [0.5, 0.6) is 5.75 Å². The van der Waals surface area contributed by atoms with E-state index in [0.717, 1.165) is 16.7 Å². The van der Waals surface area contributed by atoms with E-state index in [1.807, 2.05) is 60.7 Å². The Morgan fingerprint density at radius 3 is 2.62 bits per heavy atom. The molecule has 0 bridgehead atoms. The minimum atomic E-state index is -0.637. The fourth-order valence-corrected chi connectivity index (χ4v) is 5.90. The second-order valence-electron chi connectivity index (χ2n) is 8.81. The number of nitrogens with zero attached hydrogens (tertiary/aromatic N) is 2. The molecule has 2 heterocycles. The first-order valence-corrected chi connectivity index (χ1v) is 13.8. The van der Waals surface area contributed by atoms with Crippen molar-refractivity contribution < 1.29 is 14.3 Å². The topological polar surface area (TPSA) is 69.9 Å². The van der Waals surface area contributed by atoms with Crippen molar-refractivity contribution in [3.8, 4) is 5.75 Å². The number of hydrogen-bond donors (Lipinski definition) is 0. The van der Waals surface area contributed by atoms with Gasteiger partial charge in [-0.2, -0.15) is 0 Å². The number of esters is 1. The summed E-state index contributed by atoms with van der Waals surface area (Å²) in [6, 6.07) is 21.5. The number of thiazole rings is 1. The molecule has 39 heavy (non-hydrogen) atoms. The van der Waals surface area contributed by atoms with E-state index in [9.17, 15) is 9.59 Å². The number of carbonyl (C=O) groups is 1. The van der Waals surface area contributed by atoms with Gasteiger partial charge in [0.1, 0.15) is 12.4 Å². The largest absolute Gasteiger partial charge is 0.489 e. The Bertz CT molecular complexity index is 1760. The highest BCUT2D eigenvalue weighted by molar-refractivity contribution is 7.07. The summed E-state index contributed by atoms with van der Waals surface area (Å²) in [5.41, 5.74) is 3.07. The first kappa shape index (κ1) is 26.9. The molecule has 6 nitrogen and oxygen atoms in total. The van der Waals surface area contributed by atoms with Crippen LogP contribution in [0, 0.1) is 0 Å².